The fourth-order valence-corrected chi connectivity index (χ4v) is 6.12. The molecule has 1 amide bonds. The van der Waals surface area contributed by atoms with Crippen molar-refractivity contribution in [2.45, 2.75) is 4.21 Å². The number of carbonyl (C=O) groups excluding carboxylic acids is 1. The van der Waals surface area contributed by atoms with Crippen LogP contribution in [0.1, 0.15) is 10.5 Å². The molecule has 2 aromatic rings. The predicted molar refractivity (Wildman–Crippen MR) is 95.9 cm³/mol. The maximum atomic E-state index is 12.6. The number of amides is 1. The van der Waals surface area contributed by atoms with Crippen LogP contribution in [-0.2, 0) is 10.0 Å². The number of thiophene rings is 1. The van der Waals surface area contributed by atoms with Crippen molar-refractivity contribution in [2.24, 2.45) is 0 Å². The van der Waals surface area contributed by atoms with E-state index < -0.39 is 10.0 Å². The van der Waals surface area contributed by atoms with Crippen LogP contribution in [0.4, 0.5) is 0 Å². The summed E-state index contributed by atoms with van der Waals surface area (Å²) < 4.78 is 27.6. The van der Waals surface area contributed by atoms with Gasteiger partial charge in [-0.3, -0.25) is 9.78 Å². The summed E-state index contributed by atoms with van der Waals surface area (Å²) in [4.78, 5) is 18.0. The molecule has 0 bridgehead atoms. The summed E-state index contributed by atoms with van der Waals surface area (Å²) in [5, 5.41) is 0.442. The lowest BCUT2D eigenvalue weighted by Gasteiger charge is -2.33. The molecule has 0 aliphatic carbocycles. The van der Waals surface area contributed by atoms with Gasteiger partial charge in [-0.25, -0.2) is 8.42 Å². The molecule has 0 radical (unpaired) electrons. The van der Waals surface area contributed by atoms with Crippen molar-refractivity contribution in [1.29, 1.82) is 0 Å². The van der Waals surface area contributed by atoms with E-state index >= 15 is 0 Å². The lowest BCUT2D eigenvalue weighted by Crippen LogP contribution is -2.50. The van der Waals surface area contributed by atoms with Crippen LogP contribution in [0.15, 0.2) is 38.5 Å². The minimum atomic E-state index is -3.51. The first-order chi connectivity index (χ1) is 11.4. The topological polar surface area (TPSA) is 70.6 Å². The van der Waals surface area contributed by atoms with Gasteiger partial charge in [0, 0.05) is 37.4 Å². The summed E-state index contributed by atoms with van der Waals surface area (Å²) in [5.74, 6) is -0.242. The Hall–Kier alpha value is -1.000. The van der Waals surface area contributed by atoms with E-state index in [2.05, 4.69) is 20.9 Å². The monoisotopic (exact) mass is 449 g/mol. The summed E-state index contributed by atoms with van der Waals surface area (Å²) in [6.07, 6.45) is 1.48. The molecule has 0 aromatic carbocycles. The van der Waals surface area contributed by atoms with Crippen molar-refractivity contribution < 1.29 is 13.2 Å². The van der Waals surface area contributed by atoms with E-state index in [1.54, 1.807) is 23.1 Å². The zero-order chi connectivity index (χ0) is 17.3. The van der Waals surface area contributed by atoms with Gasteiger partial charge in [-0.15, -0.1) is 11.3 Å². The lowest BCUT2D eigenvalue weighted by molar-refractivity contribution is 0.0692. The highest BCUT2D eigenvalue weighted by molar-refractivity contribution is 9.11. The zero-order valence-corrected chi connectivity index (χ0v) is 16.3. The highest BCUT2D eigenvalue weighted by Gasteiger charge is 2.31. The van der Waals surface area contributed by atoms with Crippen LogP contribution >= 0.6 is 38.9 Å². The van der Waals surface area contributed by atoms with E-state index in [0.717, 1.165) is 3.79 Å². The Bertz CT molecular complexity index is 864. The van der Waals surface area contributed by atoms with E-state index in [1.165, 1.54) is 27.9 Å². The van der Waals surface area contributed by atoms with Gasteiger partial charge in [0.2, 0.25) is 0 Å². The normalized spacial score (nSPS) is 16.3. The molecule has 3 heterocycles. The first-order valence-corrected chi connectivity index (χ1v) is 10.5. The van der Waals surface area contributed by atoms with Crippen LogP contribution in [-0.4, -0.2) is 54.7 Å². The molecule has 2 aromatic heterocycles. The average molecular weight is 451 g/mol. The van der Waals surface area contributed by atoms with Crippen LogP contribution < -0.4 is 0 Å². The predicted octanol–water partition coefficient (Wildman–Crippen LogP) is 2.71. The molecule has 0 atom stereocenters. The molecule has 24 heavy (non-hydrogen) atoms. The van der Waals surface area contributed by atoms with Crippen LogP contribution in [0.2, 0.25) is 5.02 Å². The second kappa shape index (κ2) is 7.09. The number of hydrogen-bond donors (Lipinski definition) is 0. The van der Waals surface area contributed by atoms with Gasteiger partial charge < -0.3 is 4.90 Å². The molecule has 128 valence electrons. The fraction of sp³-hybridized carbons (Fsp3) is 0.286. The van der Waals surface area contributed by atoms with Gasteiger partial charge in [0.05, 0.1) is 3.79 Å². The number of carbonyl (C=O) groups is 1. The standard InChI is InChI=1S/C14H13BrClN3O3S2/c15-12-1-2-13(23-12)24(21,22)19-7-5-18(6-8-19)14(20)11-9-10(16)3-4-17-11/h1-4,9H,5-8H2. The lowest BCUT2D eigenvalue weighted by atomic mass is 10.3. The molecule has 0 unspecified atom stereocenters. The van der Waals surface area contributed by atoms with Crippen LogP contribution in [0.3, 0.4) is 0 Å². The average Bonchev–Trinajstić information content (AvgIpc) is 3.01. The largest absolute Gasteiger partial charge is 0.335 e. The minimum absolute atomic E-state index is 0.242. The summed E-state index contributed by atoms with van der Waals surface area (Å²) >= 11 is 10.3. The number of pyridine rings is 1. The highest BCUT2D eigenvalue weighted by atomic mass is 79.9. The zero-order valence-electron chi connectivity index (χ0n) is 12.4. The second-order valence-corrected chi connectivity index (χ2v) is 10.2. The molecule has 1 fully saturated rings. The highest BCUT2D eigenvalue weighted by Crippen LogP contribution is 2.29. The quantitative estimate of drug-likeness (QED) is 0.721. The molecular formula is C14H13BrClN3O3S2. The minimum Gasteiger partial charge on any atom is -0.335 e. The third-order valence-electron chi connectivity index (χ3n) is 3.61. The van der Waals surface area contributed by atoms with Crippen molar-refractivity contribution >= 4 is 54.8 Å². The van der Waals surface area contributed by atoms with Gasteiger partial charge in [-0.1, -0.05) is 11.6 Å². The number of nitrogens with zero attached hydrogens (tertiary/aromatic N) is 3. The van der Waals surface area contributed by atoms with Gasteiger partial charge in [-0.05, 0) is 40.2 Å². The van der Waals surface area contributed by atoms with E-state index in [4.69, 9.17) is 11.6 Å². The van der Waals surface area contributed by atoms with Crippen LogP contribution in [0.25, 0.3) is 0 Å². The number of halogens is 2. The Morgan fingerprint density at radius 1 is 1.21 bits per heavy atom. The number of rotatable bonds is 3. The molecule has 10 heteroatoms. The number of hydrogen-bond acceptors (Lipinski definition) is 5. The van der Waals surface area contributed by atoms with Crippen molar-refractivity contribution in [2.75, 3.05) is 26.2 Å². The van der Waals surface area contributed by atoms with Crippen LogP contribution in [0.5, 0.6) is 0 Å². The Morgan fingerprint density at radius 3 is 2.50 bits per heavy atom. The molecule has 1 aliphatic rings. The van der Waals surface area contributed by atoms with Crippen molar-refractivity contribution in [3.05, 3.63) is 45.0 Å². The molecule has 1 aliphatic heterocycles. The van der Waals surface area contributed by atoms with E-state index in [-0.39, 0.29) is 24.7 Å². The fourth-order valence-electron chi connectivity index (χ4n) is 2.38. The molecule has 3 rings (SSSR count). The Labute approximate surface area is 157 Å². The maximum Gasteiger partial charge on any atom is 0.272 e. The summed E-state index contributed by atoms with van der Waals surface area (Å²) in [7, 11) is -3.51. The molecule has 0 saturated carbocycles. The Kier molecular flexibility index (Phi) is 5.26. The van der Waals surface area contributed by atoms with Gasteiger partial charge in [-0.2, -0.15) is 4.31 Å². The Morgan fingerprint density at radius 2 is 1.92 bits per heavy atom. The molecular weight excluding hydrogens is 438 g/mol. The smallest absolute Gasteiger partial charge is 0.272 e. The van der Waals surface area contributed by atoms with Gasteiger partial charge in [0.1, 0.15) is 9.90 Å². The maximum absolute atomic E-state index is 12.6. The van der Waals surface area contributed by atoms with Crippen LogP contribution in [0, 0.1) is 0 Å². The molecule has 1 saturated heterocycles. The van der Waals surface area contributed by atoms with Gasteiger partial charge >= 0.3 is 0 Å². The Balaban J connectivity index is 1.68. The number of sulfonamides is 1. The van der Waals surface area contributed by atoms with Crippen molar-refractivity contribution in [1.82, 2.24) is 14.2 Å². The third-order valence-corrected chi connectivity index (χ3v) is 7.83. The number of aromatic nitrogens is 1. The van der Waals surface area contributed by atoms with E-state index in [9.17, 15) is 13.2 Å². The van der Waals surface area contributed by atoms with E-state index in [0.29, 0.717) is 22.3 Å². The SMILES string of the molecule is O=C(c1cc(Cl)ccn1)N1CCN(S(=O)(=O)c2ccc(Br)s2)CC1. The third kappa shape index (κ3) is 3.65. The second-order valence-electron chi connectivity index (χ2n) is 5.11. The first-order valence-electron chi connectivity index (χ1n) is 7.04. The summed E-state index contributed by atoms with van der Waals surface area (Å²) in [6.45, 7) is 1.14. The summed E-state index contributed by atoms with van der Waals surface area (Å²) in [6, 6.07) is 6.40. The first kappa shape index (κ1) is 17.8. The van der Waals surface area contributed by atoms with Crippen molar-refractivity contribution in [3.8, 4) is 0 Å². The molecule has 0 N–H and O–H groups in total. The number of piperazine rings is 1. The molecule has 0 spiro atoms. The van der Waals surface area contributed by atoms with Crippen molar-refractivity contribution in [3.63, 3.8) is 0 Å². The van der Waals surface area contributed by atoms with Gasteiger partial charge in [0.15, 0.2) is 0 Å². The van der Waals surface area contributed by atoms with Gasteiger partial charge in [0.25, 0.3) is 15.9 Å². The molecule has 6 nitrogen and oxygen atoms in total. The summed E-state index contributed by atoms with van der Waals surface area (Å²) in [5.41, 5.74) is 0.265. The van der Waals surface area contributed by atoms with E-state index in [1.807, 2.05) is 0 Å².